The molecule has 0 amide bonds. The zero-order chi connectivity index (χ0) is 47.3. The summed E-state index contributed by atoms with van der Waals surface area (Å²) in [5, 5.41) is 24.1. The number of nitrogens with zero attached hydrogens (tertiary/aromatic N) is 8. The van der Waals surface area contributed by atoms with Crippen LogP contribution in [0, 0.1) is 35.8 Å². The average molecular weight is 909 g/mol. The van der Waals surface area contributed by atoms with Crippen molar-refractivity contribution < 1.29 is 0 Å². The largest absolute Gasteiger partial charge is 0.308 e. The van der Waals surface area contributed by atoms with Crippen LogP contribution in [0.4, 0.5) is 11.4 Å². The van der Waals surface area contributed by atoms with E-state index in [9.17, 15) is 10.5 Å². The Morgan fingerprint density at radius 1 is 0.400 bits per heavy atom. The van der Waals surface area contributed by atoms with E-state index < -0.39 is 0 Å². The van der Waals surface area contributed by atoms with Gasteiger partial charge >= 0.3 is 0 Å². The smallest absolute Gasteiger partial charge is 0.189 e. The molecule has 0 spiro atoms. The monoisotopic (exact) mass is 908 g/mol. The number of aromatic nitrogens is 4. The van der Waals surface area contributed by atoms with Gasteiger partial charge in [-0.15, -0.1) is 11.3 Å². The molecular formula is C61H32N8S. The molecule has 12 rings (SSSR count). The molecule has 0 aliphatic rings. The first-order valence-electron chi connectivity index (χ1n) is 22.3. The first-order chi connectivity index (χ1) is 34.4. The highest BCUT2D eigenvalue weighted by molar-refractivity contribution is 7.25. The predicted molar refractivity (Wildman–Crippen MR) is 282 cm³/mol. The molecule has 3 aromatic heterocycles. The SMILES string of the molecule is [C-]#[N+]c1cc(C#N)cc(-c2ccc3c(c2)c2cc(-c4cc(C#N)cc([N+]#[C-])c4)ccc2n3-c2ccc(-c3ccc4sc5ccccc5c4c3)cc2-c2nc(-c3ccccc3)nc(-c3ccccc3)n2)c1. The lowest BCUT2D eigenvalue weighted by Gasteiger charge is -2.17. The lowest BCUT2D eigenvalue weighted by atomic mass is 9.98. The first-order valence-corrected chi connectivity index (χ1v) is 23.1. The van der Waals surface area contributed by atoms with Gasteiger partial charge in [0.2, 0.25) is 0 Å². The summed E-state index contributed by atoms with van der Waals surface area (Å²) in [7, 11) is 0. The third-order valence-corrected chi connectivity index (χ3v) is 13.8. The molecule has 12 aromatic rings. The van der Waals surface area contributed by atoms with Gasteiger partial charge in [0.25, 0.3) is 0 Å². The van der Waals surface area contributed by atoms with Crippen LogP contribution >= 0.6 is 11.3 Å². The van der Waals surface area contributed by atoms with Crippen molar-refractivity contribution in [2.75, 3.05) is 0 Å². The van der Waals surface area contributed by atoms with Gasteiger partial charge in [-0.25, -0.2) is 24.6 Å². The topological polar surface area (TPSA) is 99.9 Å². The molecular weight excluding hydrogens is 877 g/mol. The highest BCUT2D eigenvalue weighted by Gasteiger charge is 2.22. The Bertz CT molecular complexity index is 4040. The summed E-state index contributed by atoms with van der Waals surface area (Å²) in [6, 6.07) is 68.9. The van der Waals surface area contributed by atoms with Gasteiger partial charge in [-0.1, -0.05) is 103 Å². The van der Waals surface area contributed by atoms with Gasteiger partial charge in [-0.05, 0) is 124 Å². The number of thiophene rings is 1. The van der Waals surface area contributed by atoms with Gasteiger partial charge in [0, 0.05) is 58.8 Å². The predicted octanol–water partition coefficient (Wildman–Crippen LogP) is 16.2. The Hall–Kier alpha value is -10.0. The fourth-order valence-corrected chi connectivity index (χ4v) is 10.5. The van der Waals surface area contributed by atoms with E-state index >= 15 is 0 Å². The molecule has 0 unspecified atom stereocenters. The van der Waals surface area contributed by atoms with Crippen molar-refractivity contribution in [1.29, 1.82) is 10.5 Å². The van der Waals surface area contributed by atoms with Gasteiger partial charge in [0.05, 0.1) is 42.0 Å². The Morgan fingerprint density at radius 3 is 1.44 bits per heavy atom. The molecule has 0 radical (unpaired) electrons. The van der Waals surface area contributed by atoms with Gasteiger partial charge in [0.15, 0.2) is 28.8 Å². The van der Waals surface area contributed by atoms with Crippen molar-refractivity contribution in [3.8, 4) is 85.4 Å². The van der Waals surface area contributed by atoms with E-state index in [1.54, 1.807) is 35.6 Å². The highest BCUT2D eigenvalue weighted by atomic mass is 32.1. The van der Waals surface area contributed by atoms with E-state index in [1.807, 2.05) is 84.9 Å². The van der Waals surface area contributed by atoms with Crippen LogP contribution in [0.15, 0.2) is 194 Å². The molecule has 0 bridgehead atoms. The van der Waals surface area contributed by atoms with Gasteiger partial charge in [-0.3, -0.25) is 0 Å². The molecule has 8 nitrogen and oxygen atoms in total. The maximum Gasteiger partial charge on any atom is 0.189 e. The summed E-state index contributed by atoms with van der Waals surface area (Å²) in [5.74, 6) is 1.58. The summed E-state index contributed by atoms with van der Waals surface area (Å²) < 4.78 is 4.70. The minimum absolute atomic E-state index is 0.380. The normalized spacial score (nSPS) is 11.1. The zero-order valence-electron chi connectivity index (χ0n) is 37.0. The Kier molecular flexibility index (Phi) is 10.1. The number of fused-ring (bicyclic) bond motifs is 6. The fraction of sp³-hybridized carbons (Fsp3) is 0. The van der Waals surface area contributed by atoms with Crippen molar-refractivity contribution in [1.82, 2.24) is 19.5 Å². The Labute approximate surface area is 406 Å². The average Bonchev–Trinajstić information content (AvgIpc) is 3.97. The van der Waals surface area contributed by atoms with Gasteiger partial charge in [-0.2, -0.15) is 10.5 Å². The van der Waals surface area contributed by atoms with Crippen LogP contribution in [0.2, 0.25) is 0 Å². The second kappa shape index (κ2) is 17.0. The maximum absolute atomic E-state index is 9.93. The Morgan fingerprint density at radius 2 is 0.871 bits per heavy atom. The summed E-state index contributed by atoms with van der Waals surface area (Å²) >= 11 is 1.79. The summed E-state index contributed by atoms with van der Waals surface area (Å²) in [6.07, 6.45) is 0. The summed E-state index contributed by atoms with van der Waals surface area (Å²) in [4.78, 5) is 23.0. The zero-order valence-corrected chi connectivity index (χ0v) is 37.8. The Balaban J connectivity index is 1.15. The highest BCUT2D eigenvalue weighted by Crippen LogP contribution is 2.43. The molecule has 0 saturated heterocycles. The molecule has 0 aliphatic carbocycles. The van der Waals surface area contributed by atoms with Crippen LogP contribution in [-0.2, 0) is 0 Å². The van der Waals surface area contributed by atoms with E-state index in [1.165, 1.54) is 20.2 Å². The molecule has 0 aliphatic heterocycles. The quantitative estimate of drug-likeness (QED) is 0.148. The van der Waals surface area contributed by atoms with E-state index in [-0.39, 0.29) is 0 Å². The van der Waals surface area contributed by atoms with Crippen molar-refractivity contribution >= 4 is 64.7 Å². The maximum atomic E-state index is 9.93. The molecule has 322 valence electrons. The second-order valence-corrected chi connectivity index (χ2v) is 17.9. The number of benzene rings is 9. The summed E-state index contributed by atoms with van der Waals surface area (Å²) in [6.45, 7) is 15.6. The van der Waals surface area contributed by atoms with Crippen molar-refractivity contribution in [3.05, 3.63) is 228 Å². The van der Waals surface area contributed by atoms with Crippen LogP contribution in [0.5, 0.6) is 0 Å². The standard InChI is InChI=1S/C61H32N8S/c1-64-47-27-37(35-62)25-45(29-47)43-18-21-54-50(31-43)51-32-44(46-26-38(36-63)28-48(30-46)65-2)19-22-55(51)69(54)56-23-17-41(42-20-24-58-52(33-42)49-15-9-10-16-57(49)70-58)34-53(56)61-67-59(39-11-5-3-6-12-39)66-60(68-61)40-13-7-4-8-14-40/h3-34H. The van der Waals surface area contributed by atoms with Gasteiger partial charge in [0.1, 0.15) is 0 Å². The van der Waals surface area contributed by atoms with Crippen molar-refractivity contribution in [2.45, 2.75) is 0 Å². The molecule has 0 saturated carbocycles. The third-order valence-electron chi connectivity index (χ3n) is 12.7. The van der Waals surface area contributed by atoms with Crippen molar-refractivity contribution in [2.24, 2.45) is 0 Å². The van der Waals surface area contributed by atoms with E-state index in [2.05, 4.69) is 111 Å². The summed E-state index contributed by atoms with van der Waals surface area (Å²) in [5.41, 5.74) is 11.9. The molecule has 0 N–H and O–H groups in total. The lowest BCUT2D eigenvalue weighted by Crippen LogP contribution is -2.04. The van der Waals surface area contributed by atoms with Crippen LogP contribution in [0.25, 0.3) is 125 Å². The minimum Gasteiger partial charge on any atom is -0.308 e. The fourth-order valence-electron chi connectivity index (χ4n) is 9.38. The number of nitriles is 2. The number of hydrogen-bond donors (Lipinski definition) is 0. The van der Waals surface area contributed by atoms with E-state index in [0.29, 0.717) is 40.0 Å². The van der Waals surface area contributed by atoms with Crippen LogP contribution in [0.1, 0.15) is 11.1 Å². The van der Waals surface area contributed by atoms with Crippen LogP contribution < -0.4 is 0 Å². The molecule has 0 fully saturated rings. The molecule has 70 heavy (non-hydrogen) atoms. The minimum atomic E-state index is 0.380. The molecule has 0 atom stereocenters. The van der Waals surface area contributed by atoms with E-state index in [0.717, 1.165) is 77.6 Å². The van der Waals surface area contributed by atoms with Gasteiger partial charge < -0.3 is 4.57 Å². The van der Waals surface area contributed by atoms with E-state index in [4.69, 9.17) is 28.1 Å². The van der Waals surface area contributed by atoms with Crippen LogP contribution in [0.3, 0.4) is 0 Å². The van der Waals surface area contributed by atoms with Crippen molar-refractivity contribution in [3.63, 3.8) is 0 Å². The van der Waals surface area contributed by atoms with Crippen LogP contribution in [-0.4, -0.2) is 19.5 Å². The molecule has 3 heterocycles. The third kappa shape index (κ3) is 7.26. The number of rotatable bonds is 7. The molecule has 9 heteroatoms. The number of hydrogen-bond acceptors (Lipinski definition) is 6. The molecule has 9 aromatic carbocycles. The lowest BCUT2D eigenvalue weighted by molar-refractivity contribution is 1.06. The first kappa shape index (κ1) is 41.4. The second-order valence-electron chi connectivity index (χ2n) is 16.9.